The predicted octanol–water partition coefficient (Wildman–Crippen LogP) is 1.99. The van der Waals surface area contributed by atoms with Gasteiger partial charge in [-0.2, -0.15) is 5.10 Å². The standard InChI is InChI=1S/C14H19N3O3S2/c1-10-5-6-13(21-10)22(18,19)16-12-4-3-7-20-14(12)11-8-15-17(2)9-11/h5-6,8-9,12,14,16H,3-4,7H2,1-2H3/t12-,14+/m0/s1. The molecule has 22 heavy (non-hydrogen) atoms. The molecule has 120 valence electrons. The van der Waals surface area contributed by atoms with E-state index < -0.39 is 10.0 Å². The molecule has 1 aliphatic heterocycles. The Hall–Kier alpha value is -1.22. The number of thiophene rings is 1. The summed E-state index contributed by atoms with van der Waals surface area (Å²) in [5.41, 5.74) is 0.900. The van der Waals surface area contributed by atoms with Gasteiger partial charge in [-0.05, 0) is 31.9 Å². The van der Waals surface area contributed by atoms with E-state index in [1.54, 1.807) is 16.9 Å². The lowest BCUT2D eigenvalue weighted by Gasteiger charge is -2.31. The smallest absolute Gasteiger partial charge is 0.250 e. The summed E-state index contributed by atoms with van der Waals surface area (Å²) in [6, 6.07) is 3.19. The molecule has 8 heteroatoms. The van der Waals surface area contributed by atoms with Crippen molar-refractivity contribution in [3.63, 3.8) is 0 Å². The summed E-state index contributed by atoms with van der Waals surface area (Å²) >= 11 is 1.28. The summed E-state index contributed by atoms with van der Waals surface area (Å²) in [5.74, 6) is 0. The number of sulfonamides is 1. The molecule has 2 aromatic rings. The molecule has 0 aromatic carbocycles. The highest BCUT2D eigenvalue weighted by Crippen LogP contribution is 2.30. The zero-order valence-corrected chi connectivity index (χ0v) is 14.2. The van der Waals surface area contributed by atoms with Crippen molar-refractivity contribution in [1.82, 2.24) is 14.5 Å². The van der Waals surface area contributed by atoms with E-state index in [1.165, 1.54) is 11.3 Å². The van der Waals surface area contributed by atoms with Gasteiger partial charge < -0.3 is 4.74 Å². The number of hydrogen-bond acceptors (Lipinski definition) is 5. The van der Waals surface area contributed by atoms with Gasteiger partial charge in [0.25, 0.3) is 0 Å². The van der Waals surface area contributed by atoms with E-state index in [0.717, 1.165) is 23.3 Å². The second kappa shape index (κ2) is 6.11. The highest BCUT2D eigenvalue weighted by molar-refractivity contribution is 7.91. The first-order valence-corrected chi connectivity index (χ1v) is 9.44. The van der Waals surface area contributed by atoms with Crippen LogP contribution in [0.4, 0.5) is 0 Å². The first-order valence-electron chi connectivity index (χ1n) is 7.14. The van der Waals surface area contributed by atoms with Crippen LogP contribution in [0.25, 0.3) is 0 Å². The van der Waals surface area contributed by atoms with Crippen molar-refractivity contribution >= 4 is 21.4 Å². The Morgan fingerprint density at radius 2 is 2.27 bits per heavy atom. The molecular formula is C14H19N3O3S2. The predicted molar refractivity (Wildman–Crippen MR) is 84.3 cm³/mol. The molecule has 1 N–H and O–H groups in total. The fourth-order valence-electron chi connectivity index (χ4n) is 2.63. The van der Waals surface area contributed by atoms with E-state index >= 15 is 0 Å². The molecule has 0 unspecified atom stereocenters. The van der Waals surface area contributed by atoms with Crippen LogP contribution in [0.3, 0.4) is 0 Å². The maximum absolute atomic E-state index is 12.5. The molecule has 2 aromatic heterocycles. The minimum Gasteiger partial charge on any atom is -0.372 e. The SMILES string of the molecule is Cc1ccc(S(=O)(=O)N[C@H]2CCCO[C@@H]2c2cnn(C)c2)s1. The average molecular weight is 341 g/mol. The summed E-state index contributed by atoms with van der Waals surface area (Å²) in [4.78, 5) is 0.976. The minimum atomic E-state index is -3.51. The monoisotopic (exact) mass is 341 g/mol. The summed E-state index contributed by atoms with van der Waals surface area (Å²) < 4.78 is 35.7. The fourth-order valence-corrected chi connectivity index (χ4v) is 5.20. The average Bonchev–Trinajstić information content (AvgIpc) is 3.08. The van der Waals surface area contributed by atoms with E-state index in [0.29, 0.717) is 10.8 Å². The van der Waals surface area contributed by atoms with Crippen LogP contribution in [0.1, 0.15) is 29.4 Å². The van der Waals surface area contributed by atoms with Gasteiger partial charge in [-0.3, -0.25) is 4.68 Å². The Morgan fingerprint density at radius 3 is 2.91 bits per heavy atom. The topological polar surface area (TPSA) is 73.2 Å². The van der Waals surface area contributed by atoms with Crippen LogP contribution in [0.5, 0.6) is 0 Å². The van der Waals surface area contributed by atoms with Crippen LogP contribution in [0.2, 0.25) is 0 Å². The highest BCUT2D eigenvalue weighted by Gasteiger charge is 2.32. The highest BCUT2D eigenvalue weighted by atomic mass is 32.2. The lowest BCUT2D eigenvalue weighted by atomic mass is 9.99. The largest absolute Gasteiger partial charge is 0.372 e. The number of hydrogen-bond donors (Lipinski definition) is 1. The molecule has 6 nitrogen and oxygen atoms in total. The van der Waals surface area contributed by atoms with Crippen LogP contribution >= 0.6 is 11.3 Å². The van der Waals surface area contributed by atoms with Gasteiger partial charge >= 0.3 is 0 Å². The van der Waals surface area contributed by atoms with Crippen molar-refractivity contribution in [1.29, 1.82) is 0 Å². The van der Waals surface area contributed by atoms with E-state index in [2.05, 4.69) is 9.82 Å². The Bertz CT molecular complexity index is 751. The minimum absolute atomic E-state index is 0.273. The van der Waals surface area contributed by atoms with Gasteiger partial charge in [0.15, 0.2) is 0 Å². The molecule has 0 amide bonds. The molecule has 0 aliphatic carbocycles. The summed E-state index contributed by atoms with van der Waals surface area (Å²) in [6.07, 6.45) is 4.90. The molecule has 1 saturated heterocycles. The molecule has 1 fully saturated rings. The number of nitrogens with zero attached hydrogens (tertiary/aromatic N) is 2. The zero-order chi connectivity index (χ0) is 15.7. The summed E-state index contributed by atoms with van der Waals surface area (Å²) in [7, 11) is -1.68. The van der Waals surface area contributed by atoms with Crippen LogP contribution in [0, 0.1) is 6.92 Å². The van der Waals surface area contributed by atoms with Crippen LogP contribution in [-0.4, -0.2) is 30.8 Å². The fraction of sp³-hybridized carbons (Fsp3) is 0.500. The molecule has 0 spiro atoms. The quantitative estimate of drug-likeness (QED) is 0.923. The second-order valence-electron chi connectivity index (χ2n) is 5.47. The van der Waals surface area contributed by atoms with Crippen LogP contribution in [0.15, 0.2) is 28.7 Å². The van der Waals surface area contributed by atoms with E-state index in [4.69, 9.17) is 4.74 Å². The van der Waals surface area contributed by atoms with Crippen LogP contribution < -0.4 is 4.72 Å². The molecular weight excluding hydrogens is 322 g/mol. The number of ether oxygens (including phenoxy) is 1. The van der Waals surface area contributed by atoms with Gasteiger partial charge in [0, 0.05) is 30.3 Å². The van der Waals surface area contributed by atoms with Crippen molar-refractivity contribution in [3.8, 4) is 0 Å². The van der Waals surface area contributed by atoms with Crippen molar-refractivity contribution in [2.24, 2.45) is 7.05 Å². The molecule has 0 radical (unpaired) electrons. The lowest BCUT2D eigenvalue weighted by Crippen LogP contribution is -2.42. The Labute approximate surface area is 134 Å². The third-order valence-corrected chi connectivity index (χ3v) is 6.65. The molecule has 0 saturated carbocycles. The van der Waals surface area contributed by atoms with Crippen molar-refractivity contribution in [3.05, 3.63) is 35.0 Å². The van der Waals surface area contributed by atoms with E-state index in [-0.39, 0.29) is 12.1 Å². The number of nitrogens with one attached hydrogen (secondary N) is 1. The third kappa shape index (κ3) is 3.24. The molecule has 3 heterocycles. The Kier molecular flexibility index (Phi) is 4.35. The summed E-state index contributed by atoms with van der Waals surface area (Å²) in [5, 5.41) is 4.15. The van der Waals surface area contributed by atoms with Gasteiger partial charge in [0.05, 0.1) is 12.2 Å². The first kappa shape index (κ1) is 15.7. The third-order valence-electron chi connectivity index (χ3n) is 3.66. The Balaban J connectivity index is 1.82. The lowest BCUT2D eigenvalue weighted by molar-refractivity contribution is -0.00445. The number of rotatable bonds is 4. The second-order valence-corrected chi connectivity index (χ2v) is 8.70. The molecule has 2 atom stereocenters. The van der Waals surface area contributed by atoms with Gasteiger partial charge in [0.1, 0.15) is 10.3 Å². The Morgan fingerprint density at radius 1 is 1.45 bits per heavy atom. The molecule has 3 rings (SSSR count). The zero-order valence-electron chi connectivity index (χ0n) is 12.5. The molecule has 0 bridgehead atoms. The normalized spacial score (nSPS) is 22.8. The van der Waals surface area contributed by atoms with Crippen molar-refractivity contribution in [2.45, 2.75) is 36.1 Å². The van der Waals surface area contributed by atoms with Gasteiger partial charge in [0.2, 0.25) is 10.0 Å². The molecule has 1 aliphatic rings. The maximum atomic E-state index is 12.5. The van der Waals surface area contributed by atoms with E-state index in [1.807, 2.05) is 26.2 Å². The first-order chi connectivity index (χ1) is 10.5. The van der Waals surface area contributed by atoms with Crippen molar-refractivity contribution in [2.75, 3.05) is 6.61 Å². The number of aryl methyl sites for hydroxylation is 2. The number of aromatic nitrogens is 2. The van der Waals surface area contributed by atoms with Gasteiger partial charge in [-0.25, -0.2) is 13.1 Å². The van der Waals surface area contributed by atoms with Crippen molar-refractivity contribution < 1.29 is 13.2 Å². The van der Waals surface area contributed by atoms with Gasteiger partial charge in [-0.1, -0.05) is 0 Å². The maximum Gasteiger partial charge on any atom is 0.250 e. The van der Waals surface area contributed by atoms with E-state index in [9.17, 15) is 8.42 Å². The van der Waals surface area contributed by atoms with Gasteiger partial charge in [-0.15, -0.1) is 11.3 Å². The van der Waals surface area contributed by atoms with Crippen LogP contribution in [-0.2, 0) is 21.8 Å². The summed E-state index contributed by atoms with van der Waals surface area (Å²) in [6.45, 7) is 2.53.